The van der Waals surface area contributed by atoms with Gasteiger partial charge in [0.05, 0.1) is 5.69 Å². The predicted molar refractivity (Wildman–Crippen MR) is 76.7 cm³/mol. The topological polar surface area (TPSA) is 50.4 Å². The summed E-state index contributed by atoms with van der Waals surface area (Å²) in [4.78, 5) is 11.4. The number of benzene rings is 1. The number of hydrogen-bond acceptors (Lipinski definition) is 3. The average Bonchev–Trinajstić information content (AvgIpc) is 3.06. The van der Waals surface area contributed by atoms with Gasteiger partial charge in [-0.25, -0.2) is 0 Å². The maximum Gasteiger partial charge on any atom is 0.262 e. The molecule has 1 aliphatic heterocycles. The lowest BCUT2D eigenvalue weighted by molar-refractivity contribution is -0.118. The van der Waals surface area contributed by atoms with E-state index in [2.05, 4.69) is 22.8 Å². The Bertz CT molecular complexity index is 547. The molecule has 0 radical (unpaired) electrons. The van der Waals surface area contributed by atoms with Crippen molar-refractivity contribution in [3.8, 4) is 5.75 Å². The molecule has 2 aliphatic carbocycles. The number of hydrogen-bond donors (Lipinski definition) is 2. The molecule has 0 aromatic heterocycles. The minimum Gasteiger partial charge on any atom is -0.482 e. The van der Waals surface area contributed by atoms with Gasteiger partial charge < -0.3 is 15.4 Å². The van der Waals surface area contributed by atoms with Crippen molar-refractivity contribution >= 4 is 11.6 Å². The van der Waals surface area contributed by atoms with Crippen molar-refractivity contribution in [2.24, 2.45) is 17.8 Å². The lowest BCUT2D eigenvalue weighted by atomic mass is 9.89. The molecule has 4 rings (SSSR count). The Kier molecular flexibility index (Phi) is 2.74. The maximum absolute atomic E-state index is 11.4. The van der Waals surface area contributed by atoms with E-state index in [4.69, 9.17) is 4.74 Å². The summed E-state index contributed by atoms with van der Waals surface area (Å²) in [6.07, 6.45) is 4.13. The van der Waals surface area contributed by atoms with Crippen LogP contribution >= 0.6 is 0 Å². The molecular formula is C16H20N2O2. The van der Waals surface area contributed by atoms with E-state index in [9.17, 15) is 4.79 Å². The highest BCUT2D eigenvalue weighted by atomic mass is 16.5. The number of rotatable bonds is 3. The number of ether oxygens (including phenoxy) is 1. The molecule has 4 nitrogen and oxygen atoms in total. The molecule has 1 aromatic carbocycles. The smallest absolute Gasteiger partial charge is 0.262 e. The standard InChI is InChI=1S/C16H20N2O2/c1-17-16(12-5-10-4-11(10)6-12)9-2-3-14-13(7-9)18-15(19)8-20-14/h2-3,7,10-12,16-17H,4-6,8H2,1H3,(H,18,19). The Labute approximate surface area is 118 Å². The van der Waals surface area contributed by atoms with Crippen molar-refractivity contribution in [2.45, 2.75) is 25.3 Å². The van der Waals surface area contributed by atoms with Crippen molar-refractivity contribution in [2.75, 3.05) is 19.0 Å². The summed E-state index contributed by atoms with van der Waals surface area (Å²) >= 11 is 0. The molecule has 2 saturated carbocycles. The lowest BCUT2D eigenvalue weighted by Crippen LogP contribution is -2.27. The van der Waals surface area contributed by atoms with Crippen LogP contribution in [0.4, 0.5) is 5.69 Å². The van der Waals surface area contributed by atoms with Crippen LogP contribution in [0.15, 0.2) is 18.2 Å². The van der Waals surface area contributed by atoms with Crippen molar-refractivity contribution in [3.05, 3.63) is 23.8 Å². The molecule has 3 unspecified atom stereocenters. The molecule has 3 aliphatic rings. The van der Waals surface area contributed by atoms with Crippen LogP contribution in [0.5, 0.6) is 5.75 Å². The van der Waals surface area contributed by atoms with Gasteiger partial charge in [-0.1, -0.05) is 6.07 Å². The number of fused-ring (bicyclic) bond motifs is 2. The van der Waals surface area contributed by atoms with Crippen LogP contribution in [0.1, 0.15) is 30.9 Å². The molecule has 1 heterocycles. The Morgan fingerprint density at radius 3 is 2.85 bits per heavy atom. The first-order chi connectivity index (χ1) is 9.74. The first-order valence-electron chi connectivity index (χ1n) is 7.48. The molecule has 0 spiro atoms. The molecule has 0 bridgehead atoms. The van der Waals surface area contributed by atoms with Gasteiger partial charge in [0.2, 0.25) is 0 Å². The summed E-state index contributed by atoms with van der Waals surface area (Å²) in [6, 6.07) is 6.55. The molecule has 106 valence electrons. The van der Waals surface area contributed by atoms with E-state index in [1.54, 1.807) is 0 Å². The quantitative estimate of drug-likeness (QED) is 0.888. The zero-order valence-corrected chi connectivity index (χ0v) is 11.7. The normalized spacial score (nSPS) is 31.9. The zero-order valence-electron chi connectivity index (χ0n) is 11.7. The Morgan fingerprint density at radius 2 is 2.10 bits per heavy atom. The summed E-state index contributed by atoms with van der Waals surface area (Å²) in [7, 11) is 2.03. The monoisotopic (exact) mass is 272 g/mol. The van der Waals surface area contributed by atoms with Crippen LogP contribution < -0.4 is 15.4 Å². The second-order valence-electron chi connectivity index (χ2n) is 6.35. The molecule has 2 fully saturated rings. The predicted octanol–water partition coefficient (Wildman–Crippen LogP) is 2.32. The largest absolute Gasteiger partial charge is 0.482 e. The van der Waals surface area contributed by atoms with E-state index in [0.717, 1.165) is 29.2 Å². The molecule has 0 saturated heterocycles. The number of carbonyl (C=O) groups excluding carboxylic acids is 1. The molecule has 1 aromatic rings. The lowest BCUT2D eigenvalue weighted by Gasteiger charge is -2.26. The minimum absolute atomic E-state index is 0.0715. The van der Waals surface area contributed by atoms with E-state index in [-0.39, 0.29) is 12.5 Å². The van der Waals surface area contributed by atoms with Gasteiger partial charge in [-0.2, -0.15) is 0 Å². The van der Waals surface area contributed by atoms with Crippen LogP contribution in [0, 0.1) is 17.8 Å². The van der Waals surface area contributed by atoms with Crippen LogP contribution in [-0.4, -0.2) is 19.6 Å². The first kappa shape index (κ1) is 12.2. The fourth-order valence-corrected chi connectivity index (χ4v) is 4.00. The number of nitrogens with one attached hydrogen (secondary N) is 2. The Morgan fingerprint density at radius 1 is 1.30 bits per heavy atom. The fourth-order valence-electron chi connectivity index (χ4n) is 4.00. The third-order valence-corrected chi connectivity index (χ3v) is 5.06. The first-order valence-corrected chi connectivity index (χ1v) is 7.48. The summed E-state index contributed by atoms with van der Waals surface area (Å²) in [5.41, 5.74) is 2.06. The van der Waals surface area contributed by atoms with Crippen molar-refractivity contribution in [3.63, 3.8) is 0 Å². The zero-order chi connectivity index (χ0) is 13.7. The van der Waals surface area contributed by atoms with Crippen LogP contribution in [0.3, 0.4) is 0 Å². The van der Waals surface area contributed by atoms with E-state index < -0.39 is 0 Å². The molecule has 2 N–H and O–H groups in total. The highest BCUT2D eigenvalue weighted by Gasteiger charge is 2.47. The van der Waals surface area contributed by atoms with Crippen molar-refractivity contribution in [1.29, 1.82) is 0 Å². The van der Waals surface area contributed by atoms with Crippen LogP contribution in [-0.2, 0) is 4.79 Å². The molecule has 20 heavy (non-hydrogen) atoms. The van der Waals surface area contributed by atoms with Gasteiger partial charge in [0.25, 0.3) is 5.91 Å². The van der Waals surface area contributed by atoms with Crippen LogP contribution in [0.2, 0.25) is 0 Å². The molecule has 1 amide bonds. The summed E-state index contributed by atoms with van der Waals surface area (Å²) < 4.78 is 5.42. The van der Waals surface area contributed by atoms with Gasteiger partial charge >= 0.3 is 0 Å². The van der Waals surface area contributed by atoms with Gasteiger partial charge in [0.15, 0.2) is 6.61 Å². The SMILES string of the molecule is CNC(c1ccc2c(c1)NC(=O)CO2)C1CC2CC2C1. The van der Waals surface area contributed by atoms with E-state index in [1.807, 2.05) is 13.1 Å². The van der Waals surface area contributed by atoms with Gasteiger partial charge in [-0.05, 0) is 61.8 Å². The molecule has 3 atom stereocenters. The highest BCUT2D eigenvalue weighted by molar-refractivity contribution is 5.95. The van der Waals surface area contributed by atoms with Crippen molar-refractivity contribution < 1.29 is 9.53 Å². The van der Waals surface area contributed by atoms with Gasteiger partial charge in [0, 0.05) is 6.04 Å². The van der Waals surface area contributed by atoms with Gasteiger partial charge in [-0.3, -0.25) is 4.79 Å². The number of carbonyl (C=O) groups is 1. The Hall–Kier alpha value is -1.55. The second-order valence-corrected chi connectivity index (χ2v) is 6.35. The fraction of sp³-hybridized carbons (Fsp3) is 0.562. The van der Waals surface area contributed by atoms with E-state index in [0.29, 0.717) is 6.04 Å². The Balaban J connectivity index is 1.60. The summed E-state index contributed by atoms with van der Waals surface area (Å²) in [5.74, 6) is 3.39. The highest BCUT2D eigenvalue weighted by Crippen LogP contribution is 2.57. The van der Waals surface area contributed by atoms with Gasteiger partial charge in [0.1, 0.15) is 5.75 Å². The van der Waals surface area contributed by atoms with E-state index >= 15 is 0 Å². The summed E-state index contributed by atoms with van der Waals surface area (Å²) in [6.45, 7) is 0.119. The minimum atomic E-state index is -0.0715. The molecular weight excluding hydrogens is 252 g/mol. The average molecular weight is 272 g/mol. The number of anilines is 1. The second kappa shape index (κ2) is 4.48. The van der Waals surface area contributed by atoms with Crippen LogP contribution in [0.25, 0.3) is 0 Å². The third kappa shape index (κ3) is 1.99. The molecule has 4 heteroatoms. The van der Waals surface area contributed by atoms with E-state index in [1.165, 1.54) is 24.8 Å². The summed E-state index contributed by atoms with van der Waals surface area (Å²) in [5, 5.41) is 6.36. The maximum atomic E-state index is 11.4. The van der Waals surface area contributed by atoms with Crippen molar-refractivity contribution in [1.82, 2.24) is 5.32 Å². The number of amides is 1. The third-order valence-electron chi connectivity index (χ3n) is 5.06. The van der Waals surface area contributed by atoms with Gasteiger partial charge in [-0.15, -0.1) is 0 Å².